The van der Waals surface area contributed by atoms with Gasteiger partial charge in [-0.25, -0.2) is 0 Å². The molecule has 0 saturated heterocycles. The molecule has 7 aromatic rings. The summed E-state index contributed by atoms with van der Waals surface area (Å²) >= 11 is 0. The molecule has 1 aliphatic rings. The van der Waals surface area contributed by atoms with Crippen molar-refractivity contribution in [3.8, 4) is 27.9 Å². The summed E-state index contributed by atoms with van der Waals surface area (Å²) in [4.78, 5) is 0. The SMILES string of the molecule is CC1(C)c2ccccc2-c2c(Nc3ccc(-c4cccc5c6ccccc6n(-c6ccccc6)c45)cc3)cccc21. The molecule has 0 atom stereocenters. The molecule has 0 saturated carbocycles. The Bertz CT molecular complexity index is 2080. The maximum atomic E-state index is 3.75. The molecular formula is C39H30N2. The van der Waals surface area contributed by atoms with Crippen LogP contribution in [0.5, 0.6) is 0 Å². The normalized spacial score (nSPS) is 13.3. The number of hydrogen-bond donors (Lipinski definition) is 1. The van der Waals surface area contributed by atoms with Crippen LogP contribution in [0, 0.1) is 0 Å². The van der Waals surface area contributed by atoms with E-state index in [4.69, 9.17) is 0 Å². The Hall–Kier alpha value is -5.08. The first-order chi connectivity index (χ1) is 20.1. The van der Waals surface area contributed by atoms with Crippen LogP contribution < -0.4 is 5.32 Å². The number of nitrogens with one attached hydrogen (secondary N) is 1. The molecular weight excluding hydrogens is 496 g/mol. The van der Waals surface area contributed by atoms with Gasteiger partial charge in [0, 0.05) is 44.4 Å². The quantitative estimate of drug-likeness (QED) is 0.241. The van der Waals surface area contributed by atoms with Gasteiger partial charge < -0.3 is 9.88 Å². The lowest BCUT2D eigenvalue weighted by atomic mass is 9.82. The van der Waals surface area contributed by atoms with Crippen LogP contribution in [0.15, 0.2) is 140 Å². The Morgan fingerprint density at radius 1 is 0.537 bits per heavy atom. The molecule has 0 amide bonds. The molecule has 0 radical (unpaired) electrons. The molecule has 2 nitrogen and oxygen atoms in total. The Kier molecular flexibility index (Phi) is 5.20. The molecule has 0 aliphatic heterocycles. The molecule has 1 heterocycles. The summed E-state index contributed by atoms with van der Waals surface area (Å²) in [6.07, 6.45) is 0. The number of benzene rings is 6. The first kappa shape index (κ1) is 23.8. The van der Waals surface area contributed by atoms with Crippen molar-refractivity contribution in [1.29, 1.82) is 0 Å². The van der Waals surface area contributed by atoms with Crippen molar-refractivity contribution < 1.29 is 0 Å². The highest BCUT2D eigenvalue weighted by atomic mass is 15.0. The topological polar surface area (TPSA) is 17.0 Å². The van der Waals surface area contributed by atoms with E-state index in [0.29, 0.717) is 0 Å². The summed E-state index contributed by atoms with van der Waals surface area (Å²) in [6, 6.07) is 50.4. The average molecular weight is 527 g/mol. The van der Waals surface area contributed by atoms with Crippen molar-refractivity contribution in [1.82, 2.24) is 4.57 Å². The molecule has 41 heavy (non-hydrogen) atoms. The number of aromatic nitrogens is 1. The van der Waals surface area contributed by atoms with Gasteiger partial charge in [-0.2, -0.15) is 0 Å². The standard InChI is InChI=1S/C39H30N2/c1-39(2)33-18-8-6-15-32(33)37-34(39)19-11-20-35(37)40-27-24-22-26(23-25-27)29-16-10-17-31-30-14-7-9-21-36(30)41(38(29)31)28-12-4-3-5-13-28/h3-25,40H,1-2H3. The van der Waals surface area contributed by atoms with Crippen LogP contribution in [0.1, 0.15) is 25.0 Å². The summed E-state index contributed by atoms with van der Waals surface area (Å²) in [5.74, 6) is 0. The van der Waals surface area contributed by atoms with Crippen LogP contribution >= 0.6 is 0 Å². The molecule has 0 unspecified atom stereocenters. The van der Waals surface area contributed by atoms with Crippen molar-refractivity contribution in [3.05, 3.63) is 151 Å². The van der Waals surface area contributed by atoms with Crippen molar-refractivity contribution >= 4 is 33.2 Å². The largest absolute Gasteiger partial charge is 0.355 e. The molecule has 0 fully saturated rings. The maximum Gasteiger partial charge on any atom is 0.0619 e. The van der Waals surface area contributed by atoms with Gasteiger partial charge in [-0.15, -0.1) is 0 Å². The van der Waals surface area contributed by atoms with Gasteiger partial charge in [0.15, 0.2) is 0 Å². The van der Waals surface area contributed by atoms with Gasteiger partial charge in [0.25, 0.3) is 0 Å². The smallest absolute Gasteiger partial charge is 0.0619 e. The van der Waals surface area contributed by atoms with Gasteiger partial charge in [-0.05, 0) is 58.7 Å². The van der Waals surface area contributed by atoms with E-state index in [1.54, 1.807) is 0 Å². The number of hydrogen-bond acceptors (Lipinski definition) is 1. The number of nitrogens with zero attached hydrogens (tertiary/aromatic N) is 1. The van der Waals surface area contributed by atoms with E-state index in [-0.39, 0.29) is 5.41 Å². The van der Waals surface area contributed by atoms with Crippen LogP contribution in [-0.2, 0) is 5.41 Å². The van der Waals surface area contributed by atoms with Gasteiger partial charge in [-0.3, -0.25) is 0 Å². The number of fused-ring (bicyclic) bond motifs is 6. The van der Waals surface area contributed by atoms with Crippen molar-refractivity contribution in [2.45, 2.75) is 19.3 Å². The zero-order valence-corrected chi connectivity index (χ0v) is 23.2. The zero-order valence-electron chi connectivity index (χ0n) is 23.2. The fraction of sp³-hybridized carbons (Fsp3) is 0.0769. The molecule has 6 aromatic carbocycles. The third-order valence-electron chi connectivity index (χ3n) is 8.79. The predicted octanol–water partition coefficient (Wildman–Crippen LogP) is 10.5. The van der Waals surface area contributed by atoms with E-state index in [2.05, 4.69) is 163 Å². The van der Waals surface area contributed by atoms with E-state index < -0.39 is 0 Å². The molecule has 1 aromatic heterocycles. The molecule has 0 bridgehead atoms. The van der Waals surface area contributed by atoms with E-state index in [9.17, 15) is 0 Å². The Labute approximate surface area is 240 Å². The van der Waals surface area contributed by atoms with Crippen LogP contribution in [0.25, 0.3) is 49.7 Å². The van der Waals surface area contributed by atoms with Crippen LogP contribution in [-0.4, -0.2) is 4.57 Å². The lowest BCUT2D eigenvalue weighted by Crippen LogP contribution is -2.14. The minimum atomic E-state index is -0.0105. The van der Waals surface area contributed by atoms with Gasteiger partial charge in [-0.1, -0.05) is 117 Å². The van der Waals surface area contributed by atoms with Crippen LogP contribution in [0.3, 0.4) is 0 Å². The maximum absolute atomic E-state index is 3.75. The third-order valence-corrected chi connectivity index (χ3v) is 8.79. The van der Waals surface area contributed by atoms with Gasteiger partial charge in [0.2, 0.25) is 0 Å². The summed E-state index contributed by atoms with van der Waals surface area (Å²) < 4.78 is 2.40. The fourth-order valence-corrected chi connectivity index (χ4v) is 6.84. The summed E-state index contributed by atoms with van der Waals surface area (Å²) in [5.41, 5.74) is 13.7. The summed E-state index contributed by atoms with van der Waals surface area (Å²) in [6.45, 7) is 4.65. The first-order valence-corrected chi connectivity index (χ1v) is 14.3. The van der Waals surface area contributed by atoms with Crippen molar-refractivity contribution in [2.24, 2.45) is 0 Å². The lowest BCUT2D eigenvalue weighted by molar-refractivity contribution is 0.660. The molecule has 1 N–H and O–H groups in total. The van der Waals surface area contributed by atoms with E-state index in [1.165, 1.54) is 60.9 Å². The van der Waals surface area contributed by atoms with Gasteiger partial charge in [0.05, 0.1) is 11.0 Å². The van der Waals surface area contributed by atoms with Gasteiger partial charge in [0.1, 0.15) is 0 Å². The predicted molar refractivity (Wildman–Crippen MR) is 174 cm³/mol. The zero-order chi connectivity index (χ0) is 27.6. The van der Waals surface area contributed by atoms with E-state index in [1.807, 2.05) is 0 Å². The monoisotopic (exact) mass is 526 g/mol. The Balaban J connectivity index is 1.23. The second-order valence-electron chi connectivity index (χ2n) is 11.5. The van der Waals surface area contributed by atoms with Crippen LogP contribution in [0.4, 0.5) is 11.4 Å². The Morgan fingerprint density at radius 3 is 2.05 bits per heavy atom. The number of anilines is 2. The third kappa shape index (κ3) is 3.57. The van der Waals surface area contributed by atoms with Crippen LogP contribution in [0.2, 0.25) is 0 Å². The second kappa shape index (κ2) is 8.97. The minimum Gasteiger partial charge on any atom is -0.355 e. The average Bonchev–Trinajstić information content (AvgIpc) is 3.48. The van der Waals surface area contributed by atoms with Gasteiger partial charge >= 0.3 is 0 Å². The van der Waals surface area contributed by atoms with Crippen molar-refractivity contribution in [2.75, 3.05) is 5.32 Å². The fourth-order valence-electron chi connectivity index (χ4n) is 6.84. The van der Waals surface area contributed by atoms with E-state index in [0.717, 1.165) is 11.4 Å². The highest BCUT2D eigenvalue weighted by molar-refractivity contribution is 6.13. The minimum absolute atomic E-state index is 0.0105. The highest BCUT2D eigenvalue weighted by Gasteiger charge is 2.36. The lowest BCUT2D eigenvalue weighted by Gasteiger charge is -2.21. The molecule has 1 aliphatic carbocycles. The highest BCUT2D eigenvalue weighted by Crippen LogP contribution is 2.51. The summed E-state index contributed by atoms with van der Waals surface area (Å²) in [7, 11) is 0. The van der Waals surface area contributed by atoms with Crippen molar-refractivity contribution in [3.63, 3.8) is 0 Å². The first-order valence-electron chi connectivity index (χ1n) is 14.3. The molecule has 2 heteroatoms. The molecule has 8 rings (SSSR count). The molecule has 196 valence electrons. The van der Waals surface area contributed by atoms with E-state index >= 15 is 0 Å². The Morgan fingerprint density at radius 2 is 1.20 bits per heavy atom. The second-order valence-corrected chi connectivity index (χ2v) is 11.5. The number of para-hydroxylation sites is 3. The molecule has 0 spiro atoms. The summed E-state index contributed by atoms with van der Waals surface area (Å²) in [5, 5.41) is 6.29. The number of rotatable bonds is 4.